The molecule has 0 saturated carbocycles. The van der Waals surface area contributed by atoms with E-state index in [1.165, 1.54) is 89.9 Å². The molecule has 0 aliphatic rings. The zero-order valence-corrected chi connectivity index (χ0v) is 17.2. The maximum absolute atomic E-state index is 11.4. The number of aliphatic hydroxyl groups is 1. The van der Waals surface area contributed by atoms with Gasteiger partial charge in [-0.15, -0.1) is 0 Å². The average Bonchev–Trinajstić information content (AvgIpc) is 2.60. The van der Waals surface area contributed by atoms with Crippen molar-refractivity contribution in [3.8, 4) is 0 Å². The van der Waals surface area contributed by atoms with E-state index in [2.05, 4.69) is 24.8 Å². The van der Waals surface area contributed by atoms with Gasteiger partial charge in [-0.1, -0.05) is 110 Å². The van der Waals surface area contributed by atoms with Gasteiger partial charge in [0.05, 0.1) is 0 Å². The lowest BCUT2D eigenvalue weighted by atomic mass is 10.0. The van der Waals surface area contributed by atoms with Gasteiger partial charge in [0.1, 0.15) is 0 Å². The summed E-state index contributed by atoms with van der Waals surface area (Å²) < 4.78 is 4.51. The number of aliphatic hydroxyl groups excluding tert-OH is 1. The van der Waals surface area contributed by atoms with Crippen LogP contribution in [0.4, 0.5) is 0 Å². The van der Waals surface area contributed by atoms with Crippen LogP contribution < -0.4 is 0 Å². The average molecular weight is 367 g/mol. The van der Waals surface area contributed by atoms with Crippen molar-refractivity contribution < 1.29 is 14.6 Å². The summed E-state index contributed by atoms with van der Waals surface area (Å²) in [6.07, 6.45) is 21.9. The van der Waals surface area contributed by atoms with Crippen molar-refractivity contribution in [1.82, 2.24) is 0 Å². The molecule has 0 aromatic rings. The van der Waals surface area contributed by atoms with E-state index in [1.807, 2.05) is 0 Å². The molecule has 3 heteroatoms. The predicted molar refractivity (Wildman–Crippen MR) is 111 cm³/mol. The van der Waals surface area contributed by atoms with Crippen LogP contribution in [0.25, 0.3) is 0 Å². The third-order valence-corrected chi connectivity index (χ3v) is 4.83. The Morgan fingerprint density at radius 3 is 1.38 bits per heavy atom. The highest BCUT2D eigenvalue weighted by Crippen LogP contribution is 2.15. The normalized spacial score (nSPS) is 10.7. The highest BCUT2D eigenvalue weighted by atomic mass is 16.6. The van der Waals surface area contributed by atoms with Gasteiger partial charge in [-0.2, -0.15) is 0 Å². The molecule has 0 aromatic heterocycles. The predicted octanol–water partition coefficient (Wildman–Crippen LogP) is 7.77. The minimum Gasteiger partial charge on any atom is -0.481 e. The van der Waals surface area contributed by atoms with Crippen molar-refractivity contribution >= 4 is 5.97 Å². The van der Waals surface area contributed by atoms with Crippen LogP contribution in [0.15, 0.2) is 24.7 Å². The molecule has 26 heavy (non-hydrogen) atoms. The van der Waals surface area contributed by atoms with E-state index in [-0.39, 0.29) is 0 Å². The van der Waals surface area contributed by atoms with Crippen LogP contribution in [0.5, 0.6) is 0 Å². The van der Waals surface area contributed by atoms with Crippen LogP contribution in [0.3, 0.4) is 0 Å². The summed E-state index contributed by atoms with van der Waals surface area (Å²) in [5, 5.41) is 8.81. The van der Waals surface area contributed by atoms with E-state index in [0.29, 0.717) is 12.0 Å². The number of rotatable bonds is 19. The molecule has 1 N–H and O–H groups in total. The van der Waals surface area contributed by atoms with E-state index >= 15 is 0 Å². The van der Waals surface area contributed by atoms with Gasteiger partial charge in [-0.3, -0.25) is 0 Å². The van der Waals surface area contributed by atoms with Crippen LogP contribution in [0, 0.1) is 0 Å². The SMILES string of the molecule is C=C(O)OC(=O)C(=C)CCCCCCCCCCCCCCCCCC. The summed E-state index contributed by atoms with van der Waals surface area (Å²) in [5.74, 6) is -1.14. The van der Waals surface area contributed by atoms with Crippen LogP contribution in [0.2, 0.25) is 0 Å². The third kappa shape index (κ3) is 17.6. The molecule has 0 aliphatic heterocycles. The second-order valence-electron chi connectivity index (χ2n) is 7.44. The molecule has 0 spiro atoms. The maximum Gasteiger partial charge on any atom is 0.341 e. The smallest absolute Gasteiger partial charge is 0.341 e. The fourth-order valence-corrected chi connectivity index (χ4v) is 3.17. The summed E-state index contributed by atoms with van der Waals surface area (Å²) in [4.78, 5) is 11.4. The number of esters is 1. The molecule has 0 bridgehead atoms. The molecule has 0 heterocycles. The largest absolute Gasteiger partial charge is 0.481 e. The molecule has 0 aromatic carbocycles. The Hall–Kier alpha value is -1.25. The molecule has 0 radical (unpaired) electrons. The number of hydrogen-bond donors (Lipinski definition) is 1. The molecule has 0 amide bonds. The Bertz CT molecular complexity index is 374. The molecule has 0 fully saturated rings. The molecule has 3 nitrogen and oxygen atoms in total. The number of carbonyl (C=O) groups is 1. The fourth-order valence-electron chi connectivity index (χ4n) is 3.17. The first-order valence-corrected chi connectivity index (χ1v) is 10.9. The summed E-state index contributed by atoms with van der Waals surface area (Å²) in [5.41, 5.74) is 0.408. The van der Waals surface area contributed by atoms with Crippen LogP contribution in [0.1, 0.15) is 116 Å². The molecule has 0 rings (SSSR count). The van der Waals surface area contributed by atoms with Crippen molar-refractivity contribution in [3.05, 3.63) is 24.7 Å². The first kappa shape index (κ1) is 24.8. The topological polar surface area (TPSA) is 46.5 Å². The second kappa shape index (κ2) is 18.5. The van der Waals surface area contributed by atoms with Gasteiger partial charge in [0, 0.05) is 5.57 Å². The minimum absolute atomic E-state index is 0.408. The van der Waals surface area contributed by atoms with Gasteiger partial charge >= 0.3 is 5.97 Å². The van der Waals surface area contributed by atoms with Crippen molar-refractivity contribution in [1.29, 1.82) is 0 Å². The van der Waals surface area contributed by atoms with Gasteiger partial charge in [0.15, 0.2) is 0 Å². The molecule has 152 valence electrons. The summed E-state index contributed by atoms with van der Waals surface area (Å²) in [6, 6.07) is 0. The number of ether oxygens (including phenoxy) is 1. The lowest BCUT2D eigenvalue weighted by Gasteiger charge is -2.05. The standard InChI is InChI=1S/C23H42O3/c1-4-5-6-7-8-9-10-11-12-13-14-15-16-17-18-19-20-21(2)23(25)26-22(3)24/h24H,2-20H2,1H3. The van der Waals surface area contributed by atoms with Gasteiger partial charge in [-0.25, -0.2) is 4.79 Å². The zero-order chi connectivity index (χ0) is 19.5. The van der Waals surface area contributed by atoms with Crippen LogP contribution >= 0.6 is 0 Å². The lowest BCUT2D eigenvalue weighted by molar-refractivity contribution is -0.138. The molecule has 0 aliphatic carbocycles. The highest BCUT2D eigenvalue weighted by molar-refractivity contribution is 5.88. The van der Waals surface area contributed by atoms with Crippen molar-refractivity contribution in [3.63, 3.8) is 0 Å². The molecular weight excluding hydrogens is 324 g/mol. The lowest BCUT2D eigenvalue weighted by Crippen LogP contribution is -2.06. The van der Waals surface area contributed by atoms with E-state index in [4.69, 9.17) is 5.11 Å². The van der Waals surface area contributed by atoms with Crippen LogP contribution in [-0.4, -0.2) is 11.1 Å². The second-order valence-corrected chi connectivity index (χ2v) is 7.44. The molecule has 0 unspecified atom stereocenters. The Morgan fingerprint density at radius 2 is 1.04 bits per heavy atom. The van der Waals surface area contributed by atoms with Crippen LogP contribution in [-0.2, 0) is 9.53 Å². The third-order valence-electron chi connectivity index (χ3n) is 4.83. The Labute approximate surface area is 161 Å². The number of hydrogen-bond acceptors (Lipinski definition) is 3. The van der Waals surface area contributed by atoms with E-state index in [0.717, 1.165) is 12.8 Å². The van der Waals surface area contributed by atoms with Gasteiger partial charge in [0.25, 0.3) is 5.95 Å². The summed E-state index contributed by atoms with van der Waals surface area (Å²) in [7, 11) is 0. The highest BCUT2D eigenvalue weighted by Gasteiger charge is 2.09. The fraction of sp³-hybridized carbons (Fsp3) is 0.783. The Balaban J connectivity index is 3.21. The van der Waals surface area contributed by atoms with Gasteiger partial charge in [0.2, 0.25) is 0 Å². The first-order valence-electron chi connectivity index (χ1n) is 10.9. The number of unbranched alkanes of at least 4 members (excludes halogenated alkanes) is 15. The Morgan fingerprint density at radius 1 is 0.692 bits per heavy atom. The van der Waals surface area contributed by atoms with E-state index in [1.54, 1.807) is 0 Å². The summed E-state index contributed by atoms with van der Waals surface area (Å²) in [6.45, 7) is 9.09. The van der Waals surface area contributed by atoms with Crippen molar-refractivity contribution in [2.75, 3.05) is 0 Å². The number of carbonyl (C=O) groups excluding carboxylic acids is 1. The summed E-state index contributed by atoms with van der Waals surface area (Å²) >= 11 is 0. The van der Waals surface area contributed by atoms with E-state index in [9.17, 15) is 4.79 Å². The maximum atomic E-state index is 11.4. The first-order chi connectivity index (χ1) is 12.6. The van der Waals surface area contributed by atoms with Gasteiger partial charge in [-0.05, 0) is 19.4 Å². The van der Waals surface area contributed by atoms with Gasteiger partial charge < -0.3 is 9.84 Å². The quantitative estimate of drug-likeness (QED) is 0.110. The minimum atomic E-state index is -0.571. The zero-order valence-electron chi connectivity index (χ0n) is 17.2. The Kier molecular flexibility index (Phi) is 17.6. The molecule has 0 saturated heterocycles. The molecular formula is C23H42O3. The van der Waals surface area contributed by atoms with Crippen molar-refractivity contribution in [2.45, 2.75) is 116 Å². The van der Waals surface area contributed by atoms with E-state index < -0.39 is 11.9 Å². The monoisotopic (exact) mass is 366 g/mol. The van der Waals surface area contributed by atoms with Crippen molar-refractivity contribution in [2.24, 2.45) is 0 Å². The molecule has 0 atom stereocenters.